The molecule has 2 atom stereocenters. The third-order valence-corrected chi connectivity index (χ3v) is 4.62. The van der Waals surface area contributed by atoms with Crippen LogP contribution in [0.15, 0.2) is 0 Å². The lowest BCUT2D eigenvalue weighted by atomic mass is 10.2. The van der Waals surface area contributed by atoms with Crippen molar-refractivity contribution in [2.75, 3.05) is 30.0 Å². The van der Waals surface area contributed by atoms with Crippen LogP contribution in [-0.2, 0) is 0 Å². The molecule has 0 aliphatic heterocycles. The molecule has 2 rings (SSSR count). The summed E-state index contributed by atoms with van der Waals surface area (Å²) in [7, 11) is 0. The fourth-order valence-corrected chi connectivity index (χ4v) is 3.39. The lowest BCUT2D eigenvalue weighted by Crippen LogP contribution is -2.27. The molecule has 0 saturated heterocycles. The summed E-state index contributed by atoms with van der Waals surface area (Å²) in [5.41, 5.74) is 0. The molecule has 2 unspecified atom stereocenters. The molecule has 6 nitrogen and oxygen atoms in total. The summed E-state index contributed by atoms with van der Waals surface area (Å²) in [6, 6.07) is 0.819. The van der Waals surface area contributed by atoms with Gasteiger partial charge in [-0.05, 0) is 32.4 Å². The number of ether oxygens (including phenoxy) is 1. The van der Waals surface area contributed by atoms with Crippen LogP contribution in [0.4, 0.5) is 11.9 Å². The minimum atomic E-state index is 0.393. The van der Waals surface area contributed by atoms with Crippen molar-refractivity contribution in [3.05, 3.63) is 0 Å². The predicted molar refractivity (Wildman–Crippen MR) is 88.3 cm³/mol. The minimum Gasteiger partial charge on any atom is -0.463 e. The average Bonchev–Trinajstić information content (AvgIpc) is 2.92. The summed E-state index contributed by atoms with van der Waals surface area (Å²) in [5, 5.41) is 7.21. The molecule has 1 aliphatic carbocycles. The maximum absolute atomic E-state index is 5.55. The zero-order chi connectivity index (χ0) is 15.1. The van der Waals surface area contributed by atoms with Gasteiger partial charge in [0.15, 0.2) is 0 Å². The van der Waals surface area contributed by atoms with E-state index in [1.807, 2.05) is 18.7 Å². The molecule has 2 N–H and O–H groups in total. The summed E-state index contributed by atoms with van der Waals surface area (Å²) < 4.78 is 5.55. The molecular weight excluding hydrogens is 286 g/mol. The van der Waals surface area contributed by atoms with E-state index in [1.165, 1.54) is 19.3 Å². The topological polar surface area (TPSA) is 72.0 Å². The van der Waals surface area contributed by atoms with Gasteiger partial charge in [-0.1, -0.05) is 13.3 Å². The van der Waals surface area contributed by atoms with Crippen LogP contribution in [-0.4, -0.2) is 45.7 Å². The second-order valence-corrected chi connectivity index (χ2v) is 6.18. The molecule has 21 heavy (non-hydrogen) atoms. The first-order valence-electron chi connectivity index (χ1n) is 7.68. The fourth-order valence-electron chi connectivity index (χ4n) is 2.46. The average molecular weight is 311 g/mol. The van der Waals surface area contributed by atoms with Crippen LogP contribution in [0.5, 0.6) is 6.01 Å². The van der Waals surface area contributed by atoms with E-state index in [0.717, 1.165) is 13.0 Å². The molecule has 118 valence electrons. The Morgan fingerprint density at radius 1 is 1.19 bits per heavy atom. The molecule has 1 aromatic rings. The number of nitrogens with one attached hydrogen (secondary N) is 2. The van der Waals surface area contributed by atoms with E-state index in [-0.39, 0.29) is 0 Å². The zero-order valence-corrected chi connectivity index (χ0v) is 13.9. The number of aromatic nitrogens is 3. The molecule has 7 heteroatoms. The second kappa shape index (κ2) is 8.26. The van der Waals surface area contributed by atoms with Gasteiger partial charge in [0, 0.05) is 17.8 Å². The Bertz CT molecular complexity index is 445. The predicted octanol–water partition coefficient (Wildman–Crippen LogP) is 2.79. The maximum Gasteiger partial charge on any atom is 0.323 e. The summed E-state index contributed by atoms with van der Waals surface area (Å²) in [5.74, 6) is 1.18. The molecule has 0 bridgehead atoms. The Balaban J connectivity index is 2.10. The summed E-state index contributed by atoms with van der Waals surface area (Å²) >= 11 is 1.91. The highest BCUT2D eigenvalue weighted by atomic mass is 32.2. The van der Waals surface area contributed by atoms with E-state index in [4.69, 9.17) is 4.74 Å². The second-order valence-electron chi connectivity index (χ2n) is 5.10. The lowest BCUT2D eigenvalue weighted by Gasteiger charge is -2.19. The highest BCUT2D eigenvalue weighted by Crippen LogP contribution is 2.30. The first-order chi connectivity index (χ1) is 10.3. The number of hydrogen-bond donors (Lipinski definition) is 2. The number of rotatable bonds is 8. The first-order valence-corrected chi connectivity index (χ1v) is 8.97. The normalized spacial score (nSPS) is 21.3. The highest BCUT2D eigenvalue weighted by Gasteiger charge is 2.27. The Labute approximate surface area is 130 Å². The van der Waals surface area contributed by atoms with Crippen molar-refractivity contribution in [3.63, 3.8) is 0 Å². The van der Waals surface area contributed by atoms with Gasteiger partial charge in [0.05, 0.1) is 6.61 Å². The zero-order valence-electron chi connectivity index (χ0n) is 13.1. The molecule has 0 aromatic carbocycles. The van der Waals surface area contributed by atoms with Crippen LogP contribution in [0.1, 0.15) is 39.5 Å². The van der Waals surface area contributed by atoms with E-state index >= 15 is 0 Å². The summed E-state index contributed by atoms with van der Waals surface area (Å²) in [6.45, 7) is 5.47. The third kappa shape index (κ3) is 4.62. The monoisotopic (exact) mass is 311 g/mol. The van der Waals surface area contributed by atoms with Crippen LogP contribution < -0.4 is 15.4 Å². The van der Waals surface area contributed by atoms with Crippen molar-refractivity contribution in [3.8, 4) is 6.01 Å². The molecule has 1 heterocycles. The van der Waals surface area contributed by atoms with Gasteiger partial charge in [-0.25, -0.2) is 0 Å². The molecule has 1 aromatic heterocycles. The van der Waals surface area contributed by atoms with Crippen LogP contribution in [0, 0.1) is 0 Å². The summed E-state index contributed by atoms with van der Waals surface area (Å²) in [6.07, 6.45) is 6.77. The molecule has 0 amide bonds. The smallest absolute Gasteiger partial charge is 0.323 e. The number of thioether (sulfide) groups is 1. The summed E-state index contributed by atoms with van der Waals surface area (Å²) in [4.78, 5) is 13.1. The van der Waals surface area contributed by atoms with Crippen LogP contribution >= 0.6 is 11.8 Å². The van der Waals surface area contributed by atoms with Gasteiger partial charge >= 0.3 is 6.01 Å². The van der Waals surface area contributed by atoms with Gasteiger partial charge in [0.1, 0.15) is 0 Å². The van der Waals surface area contributed by atoms with Gasteiger partial charge in [-0.3, -0.25) is 0 Å². The molecule has 1 saturated carbocycles. The Morgan fingerprint density at radius 3 is 2.71 bits per heavy atom. The fraction of sp³-hybridized carbons (Fsp3) is 0.786. The molecule has 1 fully saturated rings. The van der Waals surface area contributed by atoms with Gasteiger partial charge in [0.2, 0.25) is 11.9 Å². The van der Waals surface area contributed by atoms with Gasteiger partial charge in [-0.2, -0.15) is 26.7 Å². The van der Waals surface area contributed by atoms with Crippen LogP contribution in [0.2, 0.25) is 0 Å². The van der Waals surface area contributed by atoms with Gasteiger partial charge < -0.3 is 15.4 Å². The van der Waals surface area contributed by atoms with Crippen molar-refractivity contribution >= 4 is 23.7 Å². The van der Waals surface area contributed by atoms with Crippen molar-refractivity contribution in [1.29, 1.82) is 0 Å². The number of nitrogens with zero attached hydrogens (tertiary/aromatic N) is 3. The molecule has 0 radical (unpaired) electrons. The Kier molecular flexibility index (Phi) is 6.35. The van der Waals surface area contributed by atoms with Gasteiger partial charge in [0.25, 0.3) is 0 Å². The van der Waals surface area contributed by atoms with E-state index in [1.54, 1.807) is 0 Å². The molecule has 1 aliphatic rings. The minimum absolute atomic E-state index is 0.393. The van der Waals surface area contributed by atoms with Crippen molar-refractivity contribution in [2.24, 2.45) is 0 Å². The van der Waals surface area contributed by atoms with Crippen molar-refractivity contribution in [2.45, 2.75) is 50.8 Å². The lowest BCUT2D eigenvalue weighted by molar-refractivity contribution is 0.292. The standard InChI is InChI=1S/C14H25N5OS/c1-4-9-20-14-18-12(15-5-2)17-13(19-14)16-10-7-6-8-11(10)21-3/h10-11H,4-9H2,1-3H3,(H2,15,16,17,18,19). The molecular formula is C14H25N5OS. The van der Waals surface area contributed by atoms with E-state index in [9.17, 15) is 0 Å². The van der Waals surface area contributed by atoms with E-state index < -0.39 is 0 Å². The first kappa shape index (κ1) is 16.1. The molecule has 0 spiro atoms. The van der Waals surface area contributed by atoms with Gasteiger partial charge in [-0.15, -0.1) is 0 Å². The highest BCUT2D eigenvalue weighted by molar-refractivity contribution is 7.99. The van der Waals surface area contributed by atoms with Crippen LogP contribution in [0.25, 0.3) is 0 Å². The van der Waals surface area contributed by atoms with E-state index in [0.29, 0.717) is 35.8 Å². The largest absolute Gasteiger partial charge is 0.463 e. The number of anilines is 2. The third-order valence-electron chi connectivity index (χ3n) is 3.45. The van der Waals surface area contributed by atoms with E-state index in [2.05, 4.69) is 38.8 Å². The van der Waals surface area contributed by atoms with Crippen molar-refractivity contribution < 1.29 is 4.74 Å². The Morgan fingerprint density at radius 2 is 2.00 bits per heavy atom. The number of hydrogen-bond acceptors (Lipinski definition) is 7. The van der Waals surface area contributed by atoms with Crippen LogP contribution in [0.3, 0.4) is 0 Å². The Hall–Kier alpha value is -1.24. The van der Waals surface area contributed by atoms with Crippen molar-refractivity contribution in [1.82, 2.24) is 15.0 Å². The maximum atomic E-state index is 5.55. The quantitative estimate of drug-likeness (QED) is 0.765. The SMILES string of the molecule is CCCOc1nc(NCC)nc(NC2CCCC2SC)n1.